The Bertz CT molecular complexity index is 1830. The SMILES string of the molecule is CCC1(C(=O)O)CCc2ccc(Oc3c(C)n(-c4noc5cc(Cl)ccc45)c4ccc(OC(F)(F)F)cc34)cc2O1. The van der Waals surface area contributed by atoms with Crippen LogP contribution in [-0.4, -0.2) is 32.8 Å². The van der Waals surface area contributed by atoms with Crippen molar-refractivity contribution in [1.29, 1.82) is 0 Å². The maximum Gasteiger partial charge on any atom is 0.573 e. The molecule has 5 aromatic rings. The minimum absolute atomic E-state index is 0.244. The van der Waals surface area contributed by atoms with Crippen molar-refractivity contribution in [2.75, 3.05) is 0 Å². The molecule has 2 aromatic heterocycles. The standard InChI is InChI=1S/C29H22ClF3N2O6/c1-3-28(27(36)37)11-10-16-4-6-18(14-23(16)40-28)38-25-15(2)35(26-20-8-5-17(30)12-24(20)41-34-26)22-9-7-19(13-21(22)25)39-29(31,32)33/h4-9,12-14H,3,10-11H2,1-2H3,(H,36,37). The van der Waals surface area contributed by atoms with E-state index >= 15 is 0 Å². The Hall–Kier alpha value is -4.38. The topological polar surface area (TPSA) is 96.0 Å². The lowest BCUT2D eigenvalue weighted by atomic mass is 9.89. The Labute approximate surface area is 235 Å². The van der Waals surface area contributed by atoms with Gasteiger partial charge in [0, 0.05) is 29.0 Å². The molecule has 6 rings (SSSR count). The molecule has 12 heteroatoms. The average Bonchev–Trinajstić information content (AvgIpc) is 3.44. The lowest BCUT2D eigenvalue weighted by Gasteiger charge is -2.34. The average molecular weight is 587 g/mol. The van der Waals surface area contributed by atoms with Gasteiger partial charge in [-0.25, -0.2) is 4.79 Å². The maximum atomic E-state index is 13.1. The van der Waals surface area contributed by atoms with E-state index in [1.807, 2.05) is 0 Å². The smallest absolute Gasteiger partial charge is 0.478 e. The number of hydrogen-bond acceptors (Lipinski definition) is 6. The molecule has 1 N–H and O–H groups in total. The molecule has 8 nitrogen and oxygen atoms in total. The van der Waals surface area contributed by atoms with Crippen LogP contribution in [0.3, 0.4) is 0 Å². The van der Waals surface area contributed by atoms with Crippen molar-refractivity contribution in [2.24, 2.45) is 0 Å². The Morgan fingerprint density at radius 2 is 1.90 bits per heavy atom. The van der Waals surface area contributed by atoms with E-state index in [1.54, 1.807) is 54.8 Å². The Morgan fingerprint density at radius 3 is 2.63 bits per heavy atom. The predicted molar refractivity (Wildman–Crippen MR) is 143 cm³/mol. The van der Waals surface area contributed by atoms with E-state index < -0.39 is 23.7 Å². The molecule has 0 saturated carbocycles. The normalized spacial score (nSPS) is 16.9. The fraction of sp³-hybridized carbons (Fsp3) is 0.241. The second-order valence-corrected chi connectivity index (χ2v) is 10.2. The van der Waals surface area contributed by atoms with Crippen LogP contribution < -0.4 is 14.2 Å². The third-order valence-corrected chi connectivity index (χ3v) is 7.54. The van der Waals surface area contributed by atoms with Gasteiger partial charge in [-0.3, -0.25) is 4.57 Å². The van der Waals surface area contributed by atoms with Gasteiger partial charge in [0.15, 0.2) is 17.2 Å². The van der Waals surface area contributed by atoms with Crippen molar-refractivity contribution in [3.8, 4) is 28.8 Å². The third kappa shape index (κ3) is 4.69. The summed E-state index contributed by atoms with van der Waals surface area (Å²) in [7, 11) is 0. The number of carboxylic acid groups (broad SMARTS) is 1. The summed E-state index contributed by atoms with van der Waals surface area (Å²) in [5.74, 6) is -0.155. The molecule has 0 fully saturated rings. The fourth-order valence-corrected chi connectivity index (χ4v) is 5.36. The molecule has 0 aliphatic carbocycles. The molecule has 0 amide bonds. The van der Waals surface area contributed by atoms with E-state index in [-0.39, 0.29) is 12.2 Å². The van der Waals surface area contributed by atoms with Crippen LogP contribution in [0.1, 0.15) is 31.0 Å². The van der Waals surface area contributed by atoms with Gasteiger partial charge in [-0.15, -0.1) is 13.2 Å². The summed E-state index contributed by atoms with van der Waals surface area (Å²) in [5.41, 5.74) is 0.912. The highest BCUT2D eigenvalue weighted by atomic mass is 35.5. The van der Waals surface area contributed by atoms with Gasteiger partial charge in [0.2, 0.25) is 5.60 Å². The summed E-state index contributed by atoms with van der Waals surface area (Å²) >= 11 is 6.10. The Balaban J connectivity index is 1.48. The highest BCUT2D eigenvalue weighted by Gasteiger charge is 2.42. The summed E-state index contributed by atoms with van der Waals surface area (Å²) < 4.78 is 62.8. The molecule has 1 aliphatic rings. The number of halogens is 4. The summed E-state index contributed by atoms with van der Waals surface area (Å²) in [5, 5.41) is 15.4. The van der Waals surface area contributed by atoms with Crippen LogP contribution >= 0.6 is 11.6 Å². The number of aliphatic carboxylic acids is 1. The molecule has 0 saturated heterocycles. The summed E-state index contributed by atoms with van der Waals surface area (Å²) in [4.78, 5) is 12.0. The van der Waals surface area contributed by atoms with Crippen molar-refractivity contribution in [3.05, 3.63) is 70.9 Å². The Morgan fingerprint density at radius 1 is 1.12 bits per heavy atom. The molecular weight excluding hydrogens is 565 g/mol. The number of hydrogen-bond donors (Lipinski definition) is 1. The highest BCUT2D eigenvalue weighted by molar-refractivity contribution is 6.31. The van der Waals surface area contributed by atoms with E-state index in [2.05, 4.69) is 9.89 Å². The van der Waals surface area contributed by atoms with E-state index in [1.165, 1.54) is 18.2 Å². The second-order valence-electron chi connectivity index (χ2n) is 9.75. The van der Waals surface area contributed by atoms with Gasteiger partial charge in [0.05, 0.1) is 16.6 Å². The number of nitrogens with zero attached hydrogens (tertiary/aromatic N) is 2. The van der Waals surface area contributed by atoms with Crippen LogP contribution in [0.4, 0.5) is 13.2 Å². The number of rotatable bonds is 6. The molecule has 3 heterocycles. The van der Waals surface area contributed by atoms with Crippen molar-refractivity contribution in [3.63, 3.8) is 0 Å². The van der Waals surface area contributed by atoms with Crippen LogP contribution in [0.5, 0.6) is 23.0 Å². The number of carboxylic acids is 1. The van der Waals surface area contributed by atoms with Crippen LogP contribution in [0.25, 0.3) is 27.7 Å². The van der Waals surface area contributed by atoms with Crippen molar-refractivity contribution in [2.45, 2.75) is 45.1 Å². The van der Waals surface area contributed by atoms with Crippen LogP contribution in [0.2, 0.25) is 5.02 Å². The fourth-order valence-electron chi connectivity index (χ4n) is 5.19. The number of carbonyl (C=O) groups is 1. The molecule has 0 spiro atoms. The van der Waals surface area contributed by atoms with Crippen molar-refractivity contribution < 1.29 is 41.8 Å². The molecule has 1 aliphatic heterocycles. The minimum Gasteiger partial charge on any atom is -0.478 e. The van der Waals surface area contributed by atoms with Gasteiger partial charge >= 0.3 is 12.3 Å². The summed E-state index contributed by atoms with van der Waals surface area (Å²) in [6.07, 6.45) is -3.77. The number of ether oxygens (including phenoxy) is 3. The van der Waals surface area contributed by atoms with Crippen molar-refractivity contribution >= 4 is 39.4 Å². The number of alkyl halides is 3. The number of aromatic nitrogens is 2. The Kier molecular flexibility index (Phi) is 6.29. The quantitative estimate of drug-likeness (QED) is 0.215. The zero-order chi connectivity index (χ0) is 29.1. The van der Waals surface area contributed by atoms with Gasteiger partial charge in [0.25, 0.3) is 0 Å². The molecule has 1 unspecified atom stereocenters. The molecular formula is C29H22ClF3N2O6. The first-order valence-electron chi connectivity index (χ1n) is 12.7. The largest absolute Gasteiger partial charge is 0.573 e. The first-order chi connectivity index (χ1) is 19.5. The van der Waals surface area contributed by atoms with Crippen LogP contribution in [0, 0.1) is 6.92 Å². The first kappa shape index (κ1) is 26.8. The molecule has 41 heavy (non-hydrogen) atoms. The zero-order valence-electron chi connectivity index (χ0n) is 21.7. The van der Waals surface area contributed by atoms with Crippen LogP contribution in [0.15, 0.2) is 59.1 Å². The van der Waals surface area contributed by atoms with Gasteiger partial charge in [-0.1, -0.05) is 29.7 Å². The monoisotopic (exact) mass is 586 g/mol. The van der Waals surface area contributed by atoms with E-state index in [0.29, 0.717) is 62.7 Å². The van der Waals surface area contributed by atoms with Gasteiger partial charge in [-0.05, 0) is 61.7 Å². The van der Waals surface area contributed by atoms with E-state index in [9.17, 15) is 23.1 Å². The summed E-state index contributed by atoms with van der Waals surface area (Å²) in [6.45, 7) is 3.48. The van der Waals surface area contributed by atoms with Crippen LogP contribution in [-0.2, 0) is 11.2 Å². The second kappa shape index (κ2) is 9.62. The maximum absolute atomic E-state index is 13.1. The molecule has 0 bridgehead atoms. The molecule has 1 atom stereocenters. The molecule has 0 radical (unpaired) electrons. The lowest BCUT2D eigenvalue weighted by molar-refractivity contribution is -0.274. The summed E-state index contributed by atoms with van der Waals surface area (Å²) in [6, 6.07) is 14.0. The van der Waals surface area contributed by atoms with Gasteiger partial charge < -0.3 is 23.8 Å². The first-order valence-corrected chi connectivity index (χ1v) is 13.0. The van der Waals surface area contributed by atoms with E-state index in [4.69, 9.17) is 25.6 Å². The van der Waals surface area contributed by atoms with Gasteiger partial charge in [0.1, 0.15) is 17.2 Å². The predicted octanol–water partition coefficient (Wildman–Crippen LogP) is 7.98. The number of benzene rings is 3. The van der Waals surface area contributed by atoms with Gasteiger partial charge in [-0.2, -0.15) is 0 Å². The lowest BCUT2D eigenvalue weighted by Crippen LogP contribution is -2.46. The third-order valence-electron chi connectivity index (χ3n) is 7.30. The number of aryl methyl sites for hydroxylation is 1. The van der Waals surface area contributed by atoms with E-state index in [0.717, 1.165) is 5.56 Å². The minimum atomic E-state index is -4.89. The number of fused-ring (bicyclic) bond motifs is 3. The zero-order valence-corrected chi connectivity index (χ0v) is 22.5. The van der Waals surface area contributed by atoms with Crippen molar-refractivity contribution in [1.82, 2.24) is 9.72 Å². The highest BCUT2D eigenvalue weighted by Crippen LogP contribution is 2.43. The molecule has 212 valence electrons. The molecule has 3 aromatic carbocycles.